The average molecular weight is 442 g/mol. The van der Waals surface area contributed by atoms with Gasteiger partial charge in [-0.25, -0.2) is 0 Å². The predicted octanol–water partition coefficient (Wildman–Crippen LogP) is 4.88. The molecule has 0 amide bonds. The van der Waals surface area contributed by atoms with Crippen LogP contribution in [0.2, 0.25) is 0 Å². The molecule has 8 atom stereocenters. The van der Waals surface area contributed by atoms with E-state index in [1.807, 2.05) is 19.2 Å². The molecule has 4 nitrogen and oxygen atoms in total. The second kappa shape index (κ2) is 8.29. The Bertz CT molecular complexity index is 829. The topological polar surface area (TPSA) is 61.7 Å². The largest absolute Gasteiger partial charge is 0.492 e. The number of likely N-dealkylation sites (N-methyl/N-ethyl adjacent to an activating group) is 1. The summed E-state index contributed by atoms with van der Waals surface area (Å²) in [5.41, 5.74) is 0.548. The van der Waals surface area contributed by atoms with E-state index in [9.17, 15) is 10.2 Å². The number of aliphatic hydroxyl groups excluding tert-OH is 1. The Morgan fingerprint density at radius 3 is 2.62 bits per heavy atom. The minimum atomic E-state index is -0.772. The Labute approximate surface area is 194 Å². The van der Waals surface area contributed by atoms with Crippen molar-refractivity contribution in [3.8, 4) is 5.75 Å². The van der Waals surface area contributed by atoms with Crippen molar-refractivity contribution < 1.29 is 14.9 Å². The first kappa shape index (κ1) is 22.7. The summed E-state index contributed by atoms with van der Waals surface area (Å²) in [7, 11) is 1.93. The lowest BCUT2D eigenvalue weighted by atomic mass is 9.43. The van der Waals surface area contributed by atoms with Gasteiger partial charge in [0.15, 0.2) is 0 Å². The first-order valence-corrected chi connectivity index (χ1v) is 13.1. The standard InChI is InChI=1S/C28H43NO3/c1-26-13-12-24-22(23(26)9-10-25(26)30)8-7-19-11-14-28(31,18-27(19,24)2)20-5-4-6-21(17-20)32-16-15-29-3/h4-6,17,19,22-25,29-31H,7-16,18H2,1-3H3/t19?,22-,23-,24+,25?,26-,27-,28?/m0/s1. The van der Waals surface area contributed by atoms with Crippen LogP contribution in [-0.2, 0) is 5.60 Å². The van der Waals surface area contributed by atoms with Gasteiger partial charge in [-0.1, -0.05) is 26.0 Å². The molecule has 0 aliphatic heterocycles. The average Bonchev–Trinajstić information content (AvgIpc) is 3.08. The highest BCUT2D eigenvalue weighted by atomic mass is 16.5. The summed E-state index contributed by atoms with van der Waals surface area (Å²) in [4.78, 5) is 0. The molecule has 0 bridgehead atoms. The Hall–Kier alpha value is -1.10. The summed E-state index contributed by atoms with van der Waals surface area (Å²) in [6.07, 6.45) is 9.86. The van der Waals surface area contributed by atoms with E-state index < -0.39 is 5.60 Å². The van der Waals surface area contributed by atoms with Gasteiger partial charge < -0.3 is 20.3 Å². The quantitative estimate of drug-likeness (QED) is 0.570. The number of hydrogen-bond donors (Lipinski definition) is 3. The van der Waals surface area contributed by atoms with Crippen molar-refractivity contribution in [1.29, 1.82) is 0 Å². The molecule has 0 aromatic heterocycles. The first-order valence-electron chi connectivity index (χ1n) is 13.1. The smallest absolute Gasteiger partial charge is 0.119 e. The molecule has 0 saturated heterocycles. The third-order valence-electron chi connectivity index (χ3n) is 10.6. The number of ether oxygens (including phenoxy) is 1. The zero-order chi connectivity index (χ0) is 22.6. The Morgan fingerprint density at radius 2 is 1.81 bits per heavy atom. The number of aliphatic hydroxyl groups is 2. The van der Waals surface area contributed by atoms with Gasteiger partial charge in [0.25, 0.3) is 0 Å². The molecule has 3 unspecified atom stereocenters. The van der Waals surface area contributed by atoms with Gasteiger partial charge in [-0.15, -0.1) is 0 Å². The van der Waals surface area contributed by atoms with Gasteiger partial charge in [0.05, 0.1) is 11.7 Å². The van der Waals surface area contributed by atoms with Crippen molar-refractivity contribution in [3.05, 3.63) is 29.8 Å². The van der Waals surface area contributed by atoms with E-state index in [4.69, 9.17) is 4.74 Å². The fraction of sp³-hybridized carbons (Fsp3) is 0.786. The molecule has 0 heterocycles. The third-order valence-corrected chi connectivity index (χ3v) is 10.6. The summed E-state index contributed by atoms with van der Waals surface area (Å²) in [5, 5.41) is 25.9. The van der Waals surface area contributed by atoms with E-state index in [2.05, 4.69) is 31.3 Å². The van der Waals surface area contributed by atoms with Crippen LogP contribution in [0.25, 0.3) is 0 Å². The highest BCUT2D eigenvalue weighted by Gasteiger charge is 2.61. The van der Waals surface area contributed by atoms with Crippen molar-refractivity contribution in [1.82, 2.24) is 5.32 Å². The first-order chi connectivity index (χ1) is 15.3. The Morgan fingerprint density at radius 1 is 1.00 bits per heavy atom. The molecule has 3 N–H and O–H groups in total. The fourth-order valence-corrected chi connectivity index (χ4v) is 8.78. The summed E-state index contributed by atoms with van der Waals surface area (Å²) in [6, 6.07) is 8.21. The van der Waals surface area contributed by atoms with Gasteiger partial charge in [0, 0.05) is 6.54 Å². The van der Waals surface area contributed by atoms with Crippen LogP contribution in [0.1, 0.15) is 77.2 Å². The number of nitrogens with one attached hydrogen (secondary N) is 1. The summed E-state index contributed by atoms with van der Waals surface area (Å²) in [5.74, 6) is 3.62. The van der Waals surface area contributed by atoms with E-state index >= 15 is 0 Å². The summed E-state index contributed by atoms with van der Waals surface area (Å²) in [6.45, 7) is 6.30. The zero-order valence-corrected chi connectivity index (χ0v) is 20.3. The highest BCUT2D eigenvalue weighted by molar-refractivity contribution is 5.33. The molecule has 4 aliphatic carbocycles. The van der Waals surface area contributed by atoms with Gasteiger partial charge in [-0.05, 0) is 117 Å². The Balaban J connectivity index is 1.39. The van der Waals surface area contributed by atoms with Crippen molar-refractivity contribution in [2.75, 3.05) is 20.2 Å². The predicted molar refractivity (Wildman–Crippen MR) is 127 cm³/mol. The SMILES string of the molecule is CNCCOc1cccc(C2(O)CCC3CC[C@@H]4[C@@H](CC[C@]5(C)C(O)CC[C@@H]45)[C@@]3(C)C2)c1. The lowest BCUT2D eigenvalue weighted by molar-refractivity contribution is -0.165. The second-order valence-corrected chi connectivity index (χ2v) is 12.0. The van der Waals surface area contributed by atoms with Crippen molar-refractivity contribution in [2.45, 2.75) is 83.3 Å². The van der Waals surface area contributed by atoms with Crippen molar-refractivity contribution >= 4 is 0 Å². The third kappa shape index (κ3) is 3.52. The molecule has 4 saturated carbocycles. The molecule has 0 radical (unpaired) electrons. The number of fused-ring (bicyclic) bond motifs is 5. The lowest BCUT2D eigenvalue weighted by Crippen LogP contribution is -2.56. The molecule has 5 rings (SSSR count). The van der Waals surface area contributed by atoms with E-state index in [-0.39, 0.29) is 16.9 Å². The van der Waals surface area contributed by atoms with Crippen LogP contribution in [0.15, 0.2) is 24.3 Å². The summed E-state index contributed by atoms with van der Waals surface area (Å²) < 4.78 is 5.91. The maximum absolute atomic E-state index is 12.0. The van der Waals surface area contributed by atoms with Gasteiger partial charge in [0.2, 0.25) is 0 Å². The van der Waals surface area contributed by atoms with Crippen LogP contribution >= 0.6 is 0 Å². The zero-order valence-electron chi connectivity index (χ0n) is 20.3. The van der Waals surface area contributed by atoms with Crippen LogP contribution in [0, 0.1) is 34.5 Å². The highest BCUT2D eigenvalue weighted by Crippen LogP contribution is 2.67. The number of benzene rings is 1. The van der Waals surface area contributed by atoms with Crippen molar-refractivity contribution in [2.24, 2.45) is 34.5 Å². The van der Waals surface area contributed by atoms with Crippen LogP contribution in [0.4, 0.5) is 0 Å². The van der Waals surface area contributed by atoms with Crippen molar-refractivity contribution in [3.63, 3.8) is 0 Å². The number of rotatable bonds is 5. The molecule has 178 valence electrons. The second-order valence-electron chi connectivity index (χ2n) is 12.0. The monoisotopic (exact) mass is 441 g/mol. The van der Waals surface area contributed by atoms with Crippen LogP contribution in [0.3, 0.4) is 0 Å². The van der Waals surface area contributed by atoms with Crippen LogP contribution in [0.5, 0.6) is 5.75 Å². The molecular weight excluding hydrogens is 398 g/mol. The van der Waals surface area contributed by atoms with E-state index in [1.165, 1.54) is 25.7 Å². The minimum absolute atomic E-state index is 0.118. The lowest BCUT2D eigenvalue weighted by Gasteiger charge is -2.62. The van der Waals surface area contributed by atoms with Gasteiger partial charge in [-0.2, -0.15) is 0 Å². The summed E-state index contributed by atoms with van der Waals surface area (Å²) >= 11 is 0. The molecule has 4 heteroatoms. The van der Waals surface area contributed by atoms with E-state index in [0.717, 1.165) is 55.9 Å². The molecule has 4 fully saturated rings. The molecule has 4 aliphatic rings. The van der Waals surface area contributed by atoms with E-state index in [1.54, 1.807) is 0 Å². The van der Waals surface area contributed by atoms with Gasteiger partial charge in [-0.3, -0.25) is 0 Å². The van der Waals surface area contributed by atoms with E-state index in [0.29, 0.717) is 24.4 Å². The molecule has 1 aromatic carbocycles. The normalized spacial score (nSPS) is 45.6. The molecule has 0 spiro atoms. The van der Waals surface area contributed by atoms with Gasteiger partial charge >= 0.3 is 0 Å². The van der Waals surface area contributed by atoms with Gasteiger partial charge in [0.1, 0.15) is 12.4 Å². The maximum Gasteiger partial charge on any atom is 0.119 e. The molecule has 32 heavy (non-hydrogen) atoms. The van der Waals surface area contributed by atoms with Crippen LogP contribution in [-0.4, -0.2) is 36.5 Å². The molecule has 1 aromatic rings. The minimum Gasteiger partial charge on any atom is -0.492 e. The Kier molecular flexibility index (Phi) is 5.87. The fourth-order valence-electron chi connectivity index (χ4n) is 8.78. The molecular formula is C28H43NO3. The number of hydrogen-bond acceptors (Lipinski definition) is 4. The maximum atomic E-state index is 12.0. The van der Waals surface area contributed by atoms with Crippen LogP contribution < -0.4 is 10.1 Å².